The molecule has 0 saturated carbocycles. The van der Waals surface area contributed by atoms with Crippen LogP contribution in [0.2, 0.25) is 5.02 Å². The predicted molar refractivity (Wildman–Crippen MR) is 59.7 cm³/mol. The molecule has 0 aliphatic heterocycles. The van der Waals surface area contributed by atoms with Crippen LogP contribution in [0.4, 0.5) is 4.39 Å². The summed E-state index contributed by atoms with van der Waals surface area (Å²) in [5.74, 6) is -0.483. The van der Waals surface area contributed by atoms with Gasteiger partial charge in [0.1, 0.15) is 11.9 Å². The highest BCUT2D eigenvalue weighted by Gasteiger charge is 2.14. The summed E-state index contributed by atoms with van der Waals surface area (Å²) in [5.41, 5.74) is 0.921. The molecule has 0 aliphatic rings. The zero-order valence-corrected chi connectivity index (χ0v) is 9.03. The maximum absolute atomic E-state index is 12.9. The van der Waals surface area contributed by atoms with Crippen LogP contribution in [0.15, 0.2) is 42.7 Å². The summed E-state index contributed by atoms with van der Waals surface area (Å²) >= 11 is 5.93. The SMILES string of the molecule is OC(c1cncc(F)c1)c1ccccc1Cl. The lowest BCUT2D eigenvalue weighted by Crippen LogP contribution is -2.01. The van der Waals surface area contributed by atoms with E-state index in [0.29, 0.717) is 16.1 Å². The first-order valence-electron chi connectivity index (χ1n) is 4.71. The highest BCUT2D eigenvalue weighted by Crippen LogP contribution is 2.27. The van der Waals surface area contributed by atoms with Crippen molar-refractivity contribution < 1.29 is 9.50 Å². The van der Waals surface area contributed by atoms with E-state index < -0.39 is 11.9 Å². The molecule has 0 radical (unpaired) electrons. The van der Waals surface area contributed by atoms with Gasteiger partial charge in [-0.3, -0.25) is 4.98 Å². The number of benzene rings is 1. The Morgan fingerprint density at radius 1 is 1.25 bits per heavy atom. The molecule has 1 heterocycles. The highest BCUT2D eigenvalue weighted by atomic mass is 35.5. The van der Waals surface area contributed by atoms with Gasteiger partial charge in [-0.1, -0.05) is 29.8 Å². The number of pyridine rings is 1. The molecular weight excluding hydrogens is 229 g/mol. The lowest BCUT2D eigenvalue weighted by Gasteiger charge is -2.12. The van der Waals surface area contributed by atoms with Gasteiger partial charge >= 0.3 is 0 Å². The van der Waals surface area contributed by atoms with Gasteiger partial charge in [-0.05, 0) is 12.1 Å². The summed E-state index contributed by atoms with van der Waals surface area (Å²) in [6, 6.07) is 8.13. The van der Waals surface area contributed by atoms with Gasteiger partial charge in [0.25, 0.3) is 0 Å². The number of hydrogen-bond donors (Lipinski definition) is 1. The highest BCUT2D eigenvalue weighted by molar-refractivity contribution is 6.31. The summed E-state index contributed by atoms with van der Waals surface area (Å²) in [5, 5.41) is 10.4. The molecule has 1 N–H and O–H groups in total. The molecule has 0 amide bonds. The van der Waals surface area contributed by atoms with Crippen LogP contribution in [0.25, 0.3) is 0 Å². The molecule has 0 saturated heterocycles. The number of rotatable bonds is 2. The lowest BCUT2D eigenvalue weighted by atomic mass is 10.0. The summed E-state index contributed by atoms with van der Waals surface area (Å²) < 4.78 is 12.9. The normalized spacial score (nSPS) is 12.4. The molecule has 0 bridgehead atoms. The Morgan fingerprint density at radius 3 is 2.69 bits per heavy atom. The van der Waals surface area contributed by atoms with Crippen molar-refractivity contribution in [1.29, 1.82) is 0 Å². The van der Waals surface area contributed by atoms with Gasteiger partial charge in [-0.25, -0.2) is 4.39 Å². The van der Waals surface area contributed by atoms with Crippen LogP contribution >= 0.6 is 11.6 Å². The maximum Gasteiger partial charge on any atom is 0.141 e. The molecule has 0 fully saturated rings. The Morgan fingerprint density at radius 2 is 2.00 bits per heavy atom. The number of aromatic nitrogens is 1. The van der Waals surface area contributed by atoms with Crippen molar-refractivity contribution in [3.05, 3.63) is 64.7 Å². The zero-order chi connectivity index (χ0) is 11.5. The van der Waals surface area contributed by atoms with Gasteiger partial charge in [0, 0.05) is 22.3 Å². The van der Waals surface area contributed by atoms with Crippen LogP contribution in [0.5, 0.6) is 0 Å². The quantitative estimate of drug-likeness (QED) is 0.871. The van der Waals surface area contributed by atoms with Crippen molar-refractivity contribution in [2.75, 3.05) is 0 Å². The zero-order valence-electron chi connectivity index (χ0n) is 8.27. The summed E-state index contributed by atoms with van der Waals surface area (Å²) in [6.45, 7) is 0. The molecule has 1 unspecified atom stereocenters. The average Bonchev–Trinajstić information content (AvgIpc) is 2.29. The van der Waals surface area contributed by atoms with Crippen LogP contribution in [-0.4, -0.2) is 10.1 Å². The second kappa shape index (κ2) is 4.60. The van der Waals surface area contributed by atoms with Crippen molar-refractivity contribution in [1.82, 2.24) is 4.98 Å². The topological polar surface area (TPSA) is 33.1 Å². The van der Waals surface area contributed by atoms with Gasteiger partial charge in [0.15, 0.2) is 0 Å². The van der Waals surface area contributed by atoms with Gasteiger partial charge in [-0.15, -0.1) is 0 Å². The van der Waals surface area contributed by atoms with Crippen molar-refractivity contribution >= 4 is 11.6 Å². The average molecular weight is 238 g/mol. The Labute approximate surface area is 97.3 Å². The lowest BCUT2D eigenvalue weighted by molar-refractivity contribution is 0.219. The second-order valence-corrected chi connectivity index (χ2v) is 3.77. The first-order chi connectivity index (χ1) is 7.68. The summed E-state index contributed by atoms with van der Waals surface area (Å²) in [6.07, 6.45) is 1.54. The van der Waals surface area contributed by atoms with Crippen LogP contribution in [0.1, 0.15) is 17.2 Å². The van der Waals surface area contributed by atoms with Crippen molar-refractivity contribution in [2.45, 2.75) is 6.10 Å². The van der Waals surface area contributed by atoms with Crippen molar-refractivity contribution in [3.63, 3.8) is 0 Å². The monoisotopic (exact) mass is 237 g/mol. The van der Waals surface area contributed by atoms with E-state index >= 15 is 0 Å². The van der Waals surface area contributed by atoms with Crippen molar-refractivity contribution in [2.24, 2.45) is 0 Å². The number of aliphatic hydroxyl groups excluding tert-OH is 1. The standard InChI is InChI=1S/C12H9ClFNO/c13-11-4-2-1-3-10(11)12(16)8-5-9(14)7-15-6-8/h1-7,12,16H. The molecule has 1 atom stereocenters. The fraction of sp³-hybridized carbons (Fsp3) is 0.0833. The van der Waals surface area contributed by atoms with Crippen molar-refractivity contribution in [3.8, 4) is 0 Å². The minimum atomic E-state index is -0.961. The Balaban J connectivity index is 2.39. The first-order valence-corrected chi connectivity index (χ1v) is 5.09. The molecule has 1 aromatic heterocycles. The largest absolute Gasteiger partial charge is 0.384 e. The third-order valence-corrected chi connectivity index (χ3v) is 2.59. The molecular formula is C12H9ClFNO. The molecule has 2 aromatic rings. The molecule has 4 heteroatoms. The third kappa shape index (κ3) is 2.21. The minimum Gasteiger partial charge on any atom is -0.384 e. The maximum atomic E-state index is 12.9. The molecule has 0 aliphatic carbocycles. The minimum absolute atomic E-state index is 0.383. The Kier molecular flexibility index (Phi) is 3.17. The third-order valence-electron chi connectivity index (χ3n) is 2.24. The molecule has 1 aromatic carbocycles. The van der Waals surface area contributed by atoms with E-state index in [1.807, 2.05) is 0 Å². The molecule has 16 heavy (non-hydrogen) atoms. The van der Waals surface area contributed by atoms with E-state index in [1.54, 1.807) is 24.3 Å². The molecule has 0 spiro atoms. The first kappa shape index (κ1) is 11.0. The number of halogens is 2. The van der Waals surface area contributed by atoms with E-state index in [9.17, 15) is 9.50 Å². The van der Waals surface area contributed by atoms with E-state index in [2.05, 4.69) is 4.98 Å². The fourth-order valence-corrected chi connectivity index (χ4v) is 1.69. The predicted octanol–water partition coefficient (Wildman–Crippen LogP) is 2.96. The molecule has 2 rings (SSSR count). The summed E-state index contributed by atoms with van der Waals surface area (Å²) in [4.78, 5) is 3.68. The molecule has 2 nitrogen and oxygen atoms in total. The van der Waals surface area contributed by atoms with Crippen LogP contribution in [0.3, 0.4) is 0 Å². The van der Waals surface area contributed by atoms with Gasteiger partial charge in [0.2, 0.25) is 0 Å². The second-order valence-electron chi connectivity index (χ2n) is 3.36. The van der Waals surface area contributed by atoms with E-state index in [0.717, 1.165) is 6.20 Å². The van der Waals surface area contributed by atoms with Gasteiger partial charge in [-0.2, -0.15) is 0 Å². The van der Waals surface area contributed by atoms with Gasteiger partial charge in [0.05, 0.1) is 6.20 Å². The molecule has 82 valence electrons. The number of nitrogens with zero attached hydrogens (tertiary/aromatic N) is 1. The fourth-order valence-electron chi connectivity index (χ4n) is 1.45. The van der Waals surface area contributed by atoms with E-state index in [4.69, 9.17) is 11.6 Å². The van der Waals surface area contributed by atoms with E-state index in [-0.39, 0.29) is 0 Å². The smallest absolute Gasteiger partial charge is 0.141 e. The summed E-state index contributed by atoms with van der Waals surface area (Å²) in [7, 11) is 0. The van der Waals surface area contributed by atoms with Gasteiger partial charge < -0.3 is 5.11 Å². The Bertz CT molecular complexity index is 504. The Hall–Kier alpha value is -1.45. The number of aliphatic hydroxyl groups is 1. The van der Waals surface area contributed by atoms with Crippen LogP contribution < -0.4 is 0 Å². The number of hydrogen-bond acceptors (Lipinski definition) is 2. The van der Waals surface area contributed by atoms with Crippen LogP contribution in [0, 0.1) is 5.82 Å². The van der Waals surface area contributed by atoms with Crippen LogP contribution in [-0.2, 0) is 0 Å². The van der Waals surface area contributed by atoms with E-state index in [1.165, 1.54) is 12.3 Å².